The fraction of sp³-hybridized carbons (Fsp3) is 0.0556. The number of carbonyl (C=O) groups excluding carboxylic acids is 1. The molecule has 9 heteroatoms. The van der Waals surface area contributed by atoms with Gasteiger partial charge in [0.15, 0.2) is 5.76 Å². The van der Waals surface area contributed by atoms with E-state index in [2.05, 4.69) is 15.5 Å². The van der Waals surface area contributed by atoms with Crippen LogP contribution in [0.15, 0.2) is 63.4 Å². The summed E-state index contributed by atoms with van der Waals surface area (Å²) in [4.78, 5) is 12.2. The molecular weight excluding hydrogens is 363 g/mol. The molecule has 0 aliphatic rings. The number of nitrogens with zero attached hydrogens (tertiary/aromatic N) is 2. The Labute approximate surface area is 149 Å². The fourth-order valence-electron chi connectivity index (χ4n) is 2.44. The monoisotopic (exact) mass is 373 g/mol. The minimum Gasteiger partial charge on any atom is -0.451 e. The number of para-hydroxylation sites is 1. The van der Waals surface area contributed by atoms with Gasteiger partial charge in [-0.3, -0.25) is 10.1 Å². The predicted octanol–water partition coefficient (Wildman–Crippen LogP) is 4.75. The van der Waals surface area contributed by atoms with Gasteiger partial charge >= 0.3 is 12.2 Å². The van der Waals surface area contributed by atoms with Gasteiger partial charge in [-0.15, -0.1) is 5.10 Å². The highest BCUT2D eigenvalue weighted by Gasteiger charge is 2.30. The minimum atomic E-state index is -4.43. The molecule has 0 radical (unpaired) electrons. The summed E-state index contributed by atoms with van der Waals surface area (Å²) in [7, 11) is 0. The van der Waals surface area contributed by atoms with E-state index in [0.717, 1.165) is 17.5 Å². The van der Waals surface area contributed by atoms with Gasteiger partial charge in [-0.05, 0) is 36.4 Å². The van der Waals surface area contributed by atoms with Crippen LogP contribution in [-0.2, 0) is 6.18 Å². The van der Waals surface area contributed by atoms with Gasteiger partial charge in [0, 0.05) is 10.9 Å². The highest BCUT2D eigenvalue weighted by Crippen LogP contribution is 2.31. The lowest BCUT2D eigenvalue weighted by atomic mass is 10.1. The topological polar surface area (TPSA) is 81.2 Å². The molecular formula is C18H10F3N3O3. The van der Waals surface area contributed by atoms with Crippen molar-refractivity contribution < 1.29 is 26.8 Å². The molecule has 27 heavy (non-hydrogen) atoms. The number of rotatable bonds is 3. The van der Waals surface area contributed by atoms with Gasteiger partial charge in [-0.25, -0.2) is 0 Å². The fourth-order valence-corrected chi connectivity index (χ4v) is 2.44. The van der Waals surface area contributed by atoms with E-state index in [1.54, 1.807) is 24.3 Å². The summed E-state index contributed by atoms with van der Waals surface area (Å²) < 4.78 is 48.5. The molecule has 0 atom stereocenters. The Morgan fingerprint density at radius 2 is 1.70 bits per heavy atom. The van der Waals surface area contributed by atoms with E-state index in [4.69, 9.17) is 8.83 Å². The molecule has 0 saturated heterocycles. The zero-order valence-corrected chi connectivity index (χ0v) is 13.4. The molecule has 1 amide bonds. The van der Waals surface area contributed by atoms with Crippen LogP contribution in [0, 0.1) is 0 Å². The molecule has 6 nitrogen and oxygen atoms in total. The predicted molar refractivity (Wildman–Crippen MR) is 88.9 cm³/mol. The number of amides is 1. The van der Waals surface area contributed by atoms with Gasteiger partial charge in [-0.2, -0.15) is 13.2 Å². The zero-order chi connectivity index (χ0) is 19.0. The van der Waals surface area contributed by atoms with E-state index < -0.39 is 17.6 Å². The van der Waals surface area contributed by atoms with Crippen LogP contribution in [0.3, 0.4) is 0 Å². The molecule has 0 saturated carbocycles. The molecule has 0 bridgehead atoms. The Bertz CT molecular complexity index is 1080. The first-order valence-electron chi connectivity index (χ1n) is 7.71. The number of halogens is 3. The highest BCUT2D eigenvalue weighted by atomic mass is 19.4. The average molecular weight is 373 g/mol. The van der Waals surface area contributed by atoms with Gasteiger partial charge in [0.05, 0.1) is 5.56 Å². The Balaban J connectivity index is 1.51. The molecule has 2 aromatic carbocycles. The zero-order valence-electron chi connectivity index (χ0n) is 13.4. The molecule has 0 aliphatic heterocycles. The smallest absolute Gasteiger partial charge is 0.416 e. The molecule has 2 aromatic heterocycles. The van der Waals surface area contributed by atoms with E-state index in [1.165, 1.54) is 12.1 Å². The summed E-state index contributed by atoms with van der Waals surface area (Å²) in [6.45, 7) is 0. The second kappa shape index (κ2) is 6.27. The lowest BCUT2D eigenvalue weighted by molar-refractivity contribution is -0.137. The number of alkyl halides is 3. The summed E-state index contributed by atoms with van der Waals surface area (Å²) >= 11 is 0. The number of furan rings is 1. The standard InChI is InChI=1S/C18H10F3N3O3/c19-18(20,21)12-7-5-10(6-8-12)16-23-24-17(27-16)22-15(25)14-9-11-3-1-2-4-13(11)26-14/h1-9H,(H,22,24,25). The SMILES string of the molecule is O=C(Nc1nnc(-c2ccc(C(F)(F)F)cc2)o1)c1cc2ccccc2o1. The molecule has 0 unspecified atom stereocenters. The van der Waals surface area contributed by atoms with E-state index >= 15 is 0 Å². The number of carbonyl (C=O) groups is 1. The summed E-state index contributed by atoms with van der Waals surface area (Å²) in [6.07, 6.45) is -4.43. The van der Waals surface area contributed by atoms with Gasteiger partial charge < -0.3 is 8.83 Å². The van der Waals surface area contributed by atoms with E-state index in [9.17, 15) is 18.0 Å². The first-order valence-corrected chi connectivity index (χ1v) is 7.71. The molecule has 4 aromatic rings. The third kappa shape index (κ3) is 3.39. The Hall–Kier alpha value is -3.62. The number of anilines is 1. The van der Waals surface area contributed by atoms with Crippen LogP contribution < -0.4 is 5.32 Å². The van der Waals surface area contributed by atoms with Crippen LogP contribution in [-0.4, -0.2) is 16.1 Å². The Morgan fingerprint density at radius 1 is 0.963 bits per heavy atom. The molecule has 136 valence electrons. The van der Waals surface area contributed by atoms with Crippen molar-refractivity contribution in [3.63, 3.8) is 0 Å². The number of nitrogens with one attached hydrogen (secondary N) is 1. The second-order valence-electron chi connectivity index (χ2n) is 5.59. The quantitative estimate of drug-likeness (QED) is 0.560. The number of hydrogen-bond donors (Lipinski definition) is 1. The third-order valence-corrected chi connectivity index (χ3v) is 3.75. The van der Waals surface area contributed by atoms with Crippen molar-refractivity contribution in [1.29, 1.82) is 0 Å². The van der Waals surface area contributed by atoms with E-state index in [-0.39, 0.29) is 17.7 Å². The number of hydrogen-bond acceptors (Lipinski definition) is 5. The van der Waals surface area contributed by atoms with Crippen LogP contribution in [0.5, 0.6) is 0 Å². The maximum absolute atomic E-state index is 12.6. The van der Waals surface area contributed by atoms with Crippen LogP contribution in [0.4, 0.5) is 19.2 Å². The molecule has 0 aliphatic carbocycles. The summed E-state index contributed by atoms with van der Waals surface area (Å²) in [6, 6.07) is 12.7. The number of fused-ring (bicyclic) bond motifs is 1. The average Bonchev–Trinajstić information content (AvgIpc) is 3.28. The lowest BCUT2D eigenvalue weighted by Gasteiger charge is -2.05. The van der Waals surface area contributed by atoms with E-state index in [0.29, 0.717) is 11.1 Å². The van der Waals surface area contributed by atoms with Gasteiger partial charge in [0.25, 0.3) is 5.91 Å². The van der Waals surface area contributed by atoms with Crippen LogP contribution in [0.25, 0.3) is 22.4 Å². The molecule has 1 N–H and O–H groups in total. The Kier molecular flexibility index (Phi) is 3.91. The van der Waals surface area contributed by atoms with E-state index in [1.807, 2.05) is 6.07 Å². The Morgan fingerprint density at radius 3 is 2.41 bits per heavy atom. The molecule has 4 rings (SSSR count). The van der Waals surface area contributed by atoms with Crippen LogP contribution in [0.1, 0.15) is 16.1 Å². The second-order valence-corrected chi connectivity index (χ2v) is 5.59. The molecule has 0 spiro atoms. The third-order valence-electron chi connectivity index (χ3n) is 3.75. The highest BCUT2D eigenvalue weighted by molar-refractivity contribution is 6.03. The minimum absolute atomic E-state index is 0.0244. The normalized spacial score (nSPS) is 11.7. The number of benzene rings is 2. The van der Waals surface area contributed by atoms with Gasteiger partial charge in [-0.1, -0.05) is 23.3 Å². The number of aromatic nitrogens is 2. The van der Waals surface area contributed by atoms with Crippen molar-refractivity contribution in [1.82, 2.24) is 10.2 Å². The maximum Gasteiger partial charge on any atom is 0.416 e. The van der Waals surface area contributed by atoms with Crippen LogP contribution in [0.2, 0.25) is 0 Å². The first kappa shape index (κ1) is 16.8. The van der Waals surface area contributed by atoms with Crippen molar-refractivity contribution in [2.75, 3.05) is 5.32 Å². The van der Waals surface area contributed by atoms with Crippen molar-refractivity contribution >= 4 is 22.9 Å². The summed E-state index contributed by atoms with van der Waals surface area (Å²) in [5.41, 5.74) is 0.0579. The first-order chi connectivity index (χ1) is 12.9. The largest absolute Gasteiger partial charge is 0.451 e. The lowest BCUT2D eigenvalue weighted by Crippen LogP contribution is -2.10. The van der Waals surface area contributed by atoms with Crippen molar-refractivity contribution in [2.24, 2.45) is 0 Å². The maximum atomic E-state index is 12.6. The summed E-state index contributed by atoms with van der Waals surface area (Å²) in [5.74, 6) is -0.553. The van der Waals surface area contributed by atoms with Crippen molar-refractivity contribution in [2.45, 2.75) is 6.18 Å². The van der Waals surface area contributed by atoms with Gasteiger partial charge in [0.2, 0.25) is 5.89 Å². The van der Waals surface area contributed by atoms with Crippen molar-refractivity contribution in [3.8, 4) is 11.5 Å². The van der Waals surface area contributed by atoms with Crippen molar-refractivity contribution in [3.05, 3.63) is 65.9 Å². The van der Waals surface area contributed by atoms with Gasteiger partial charge in [0.1, 0.15) is 5.58 Å². The molecule has 2 heterocycles. The van der Waals surface area contributed by atoms with Crippen LogP contribution >= 0.6 is 0 Å². The molecule has 0 fully saturated rings. The summed E-state index contributed by atoms with van der Waals surface area (Å²) in [5, 5.41) is 10.5.